The van der Waals surface area contributed by atoms with Gasteiger partial charge in [-0.1, -0.05) is 12.8 Å². The van der Waals surface area contributed by atoms with Crippen molar-refractivity contribution in [2.45, 2.75) is 44.6 Å². The Kier molecular flexibility index (Phi) is 3.46. The molecule has 0 spiro atoms. The van der Waals surface area contributed by atoms with E-state index in [0.717, 1.165) is 18.3 Å². The van der Waals surface area contributed by atoms with Crippen LogP contribution in [0.25, 0.3) is 0 Å². The number of hydrogen-bond acceptors (Lipinski definition) is 5. The zero-order chi connectivity index (χ0) is 14.1. The molecule has 2 fully saturated rings. The summed E-state index contributed by atoms with van der Waals surface area (Å²) in [7, 11) is 0. The van der Waals surface area contributed by atoms with E-state index in [-0.39, 0.29) is 11.5 Å². The molecule has 2 aliphatic rings. The fraction of sp³-hybridized carbons (Fsp3) is 0.643. The van der Waals surface area contributed by atoms with E-state index in [0.29, 0.717) is 6.04 Å². The number of nitrogens with zero attached hydrogens (tertiary/aromatic N) is 3. The maximum Gasteiger partial charge on any atom is 0.311 e. The Morgan fingerprint density at radius 2 is 2.00 bits per heavy atom. The van der Waals surface area contributed by atoms with Crippen molar-refractivity contribution in [1.29, 1.82) is 0 Å². The van der Waals surface area contributed by atoms with Crippen molar-refractivity contribution < 1.29 is 4.92 Å². The lowest BCUT2D eigenvalue weighted by atomic mass is 9.78. The van der Waals surface area contributed by atoms with E-state index in [1.54, 1.807) is 6.07 Å². The standard InChI is InChI=1S/C14H20N4O2/c15-14-12(18(19)20)7-8-13(16-14)17-9-3-5-10-4-1-2-6-11(10)17/h7-8,10-11H,1-6,9H2,(H2,15,16)/t10-,11-/m1/s1. The maximum atomic E-state index is 10.8. The highest BCUT2D eigenvalue weighted by molar-refractivity contribution is 5.58. The van der Waals surface area contributed by atoms with Crippen LogP contribution in [0.4, 0.5) is 17.3 Å². The summed E-state index contributed by atoms with van der Waals surface area (Å²) in [6.45, 7) is 0.978. The molecule has 1 aromatic heterocycles. The minimum Gasteiger partial charge on any atom is -0.378 e. The van der Waals surface area contributed by atoms with Gasteiger partial charge in [0.2, 0.25) is 5.82 Å². The normalized spacial score (nSPS) is 26.1. The molecule has 0 unspecified atom stereocenters. The summed E-state index contributed by atoms with van der Waals surface area (Å²) >= 11 is 0. The van der Waals surface area contributed by atoms with Crippen molar-refractivity contribution in [2.75, 3.05) is 17.2 Å². The minimum absolute atomic E-state index is 0.0189. The molecule has 2 heterocycles. The fourth-order valence-corrected chi connectivity index (χ4v) is 3.68. The molecular formula is C14H20N4O2. The Bertz CT molecular complexity index is 518. The van der Waals surface area contributed by atoms with Crippen LogP contribution in [-0.4, -0.2) is 22.5 Å². The van der Waals surface area contributed by atoms with Gasteiger partial charge in [-0.2, -0.15) is 0 Å². The molecule has 0 bridgehead atoms. The van der Waals surface area contributed by atoms with Gasteiger partial charge in [0, 0.05) is 18.7 Å². The molecule has 0 radical (unpaired) electrons. The monoisotopic (exact) mass is 276 g/mol. The third-order valence-corrected chi connectivity index (χ3v) is 4.62. The number of nitro groups is 1. The first-order valence-corrected chi connectivity index (χ1v) is 7.34. The van der Waals surface area contributed by atoms with Crippen LogP contribution in [0.15, 0.2) is 12.1 Å². The molecule has 2 atom stereocenters. The number of piperidine rings is 1. The molecule has 2 N–H and O–H groups in total. The number of hydrogen-bond donors (Lipinski definition) is 1. The van der Waals surface area contributed by atoms with Crippen molar-refractivity contribution in [1.82, 2.24) is 4.98 Å². The van der Waals surface area contributed by atoms with Crippen LogP contribution in [0.1, 0.15) is 38.5 Å². The van der Waals surface area contributed by atoms with E-state index in [1.807, 2.05) is 0 Å². The first-order chi connectivity index (χ1) is 9.66. The predicted molar refractivity (Wildman–Crippen MR) is 77.6 cm³/mol. The highest BCUT2D eigenvalue weighted by Gasteiger charge is 2.34. The zero-order valence-electron chi connectivity index (χ0n) is 11.5. The topological polar surface area (TPSA) is 85.3 Å². The van der Waals surface area contributed by atoms with Crippen molar-refractivity contribution >= 4 is 17.3 Å². The zero-order valence-corrected chi connectivity index (χ0v) is 11.5. The van der Waals surface area contributed by atoms with Crippen LogP contribution in [0, 0.1) is 16.0 Å². The van der Waals surface area contributed by atoms with Gasteiger partial charge >= 0.3 is 5.69 Å². The Balaban J connectivity index is 1.87. The number of nitrogens with two attached hydrogens (primary N) is 1. The maximum absolute atomic E-state index is 10.8. The summed E-state index contributed by atoms with van der Waals surface area (Å²) in [5, 5.41) is 10.8. The molecule has 1 aromatic rings. The molecule has 108 valence electrons. The highest BCUT2D eigenvalue weighted by Crippen LogP contribution is 2.37. The van der Waals surface area contributed by atoms with E-state index < -0.39 is 4.92 Å². The van der Waals surface area contributed by atoms with Gasteiger partial charge in [0.15, 0.2) is 0 Å². The quantitative estimate of drug-likeness (QED) is 0.663. The van der Waals surface area contributed by atoms with Crippen LogP contribution in [0.5, 0.6) is 0 Å². The second-order valence-corrected chi connectivity index (χ2v) is 5.78. The molecule has 1 saturated carbocycles. The van der Waals surface area contributed by atoms with Gasteiger partial charge in [-0.25, -0.2) is 4.98 Å². The number of pyridine rings is 1. The largest absolute Gasteiger partial charge is 0.378 e. The van der Waals surface area contributed by atoms with Gasteiger partial charge in [0.1, 0.15) is 5.82 Å². The Labute approximate surface area is 118 Å². The molecule has 0 amide bonds. The third-order valence-electron chi connectivity index (χ3n) is 4.62. The van der Waals surface area contributed by atoms with Gasteiger partial charge in [0.25, 0.3) is 0 Å². The summed E-state index contributed by atoms with van der Waals surface area (Å²) < 4.78 is 0. The Morgan fingerprint density at radius 1 is 1.25 bits per heavy atom. The highest BCUT2D eigenvalue weighted by atomic mass is 16.6. The SMILES string of the molecule is Nc1nc(N2CCC[C@H]3CCCC[C@H]32)ccc1[N+](=O)[O-]. The summed E-state index contributed by atoms with van der Waals surface area (Å²) in [6, 6.07) is 3.75. The molecule has 1 aliphatic heterocycles. The number of aromatic nitrogens is 1. The fourth-order valence-electron chi connectivity index (χ4n) is 3.68. The molecule has 0 aromatic carbocycles. The summed E-state index contributed by atoms with van der Waals surface area (Å²) in [5.41, 5.74) is 5.61. The first-order valence-electron chi connectivity index (χ1n) is 7.34. The van der Waals surface area contributed by atoms with Crippen LogP contribution in [0.3, 0.4) is 0 Å². The molecule has 1 aliphatic carbocycles. The van der Waals surface area contributed by atoms with E-state index in [4.69, 9.17) is 5.73 Å². The number of nitrogen functional groups attached to an aromatic ring is 1. The van der Waals surface area contributed by atoms with Gasteiger partial charge in [-0.15, -0.1) is 0 Å². The molecular weight excluding hydrogens is 256 g/mol. The van der Waals surface area contributed by atoms with Crippen LogP contribution in [0.2, 0.25) is 0 Å². The minimum atomic E-state index is -0.480. The summed E-state index contributed by atoms with van der Waals surface area (Å²) in [6.07, 6.45) is 7.54. The molecule has 6 heteroatoms. The van der Waals surface area contributed by atoms with Crippen LogP contribution < -0.4 is 10.6 Å². The number of fused-ring (bicyclic) bond motifs is 1. The predicted octanol–water partition coefficient (Wildman–Crippen LogP) is 2.73. The number of rotatable bonds is 2. The Hall–Kier alpha value is -1.85. The third kappa shape index (κ3) is 2.30. The lowest BCUT2D eigenvalue weighted by molar-refractivity contribution is -0.384. The van der Waals surface area contributed by atoms with Crippen molar-refractivity contribution in [2.24, 2.45) is 5.92 Å². The van der Waals surface area contributed by atoms with Gasteiger partial charge in [0.05, 0.1) is 4.92 Å². The van der Waals surface area contributed by atoms with E-state index in [2.05, 4.69) is 9.88 Å². The van der Waals surface area contributed by atoms with Crippen LogP contribution in [-0.2, 0) is 0 Å². The summed E-state index contributed by atoms with van der Waals surface area (Å²) in [5.74, 6) is 1.56. The average Bonchev–Trinajstić information content (AvgIpc) is 2.46. The van der Waals surface area contributed by atoms with Gasteiger partial charge in [-0.3, -0.25) is 10.1 Å². The van der Waals surface area contributed by atoms with Gasteiger partial charge in [-0.05, 0) is 37.7 Å². The second kappa shape index (κ2) is 5.26. The molecule has 3 rings (SSSR count). The molecule has 6 nitrogen and oxygen atoms in total. The summed E-state index contributed by atoms with van der Waals surface area (Å²) in [4.78, 5) is 16.9. The second-order valence-electron chi connectivity index (χ2n) is 5.78. The Morgan fingerprint density at radius 3 is 2.75 bits per heavy atom. The van der Waals surface area contributed by atoms with Crippen molar-refractivity contribution in [3.63, 3.8) is 0 Å². The average molecular weight is 276 g/mol. The van der Waals surface area contributed by atoms with Crippen LogP contribution >= 0.6 is 0 Å². The van der Waals surface area contributed by atoms with Crippen molar-refractivity contribution in [3.05, 3.63) is 22.2 Å². The number of anilines is 2. The van der Waals surface area contributed by atoms with Gasteiger partial charge < -0.3 is 10.6 Å². The van der Waals surface area contributed by atoms with Crippen molar-refractivity contribution in [3.8, 4) is 0 Å². The molecule has 1 saturated heterocycles. The molecule has 20 heavy (non-hydrogen) atoms. The first kappa shape index (κ1) is 13.1. The van der Waals surface area contributed by atoms with E-state index in [9.17, 15) is 10.1 Å². The smallest absolute Gasteiger partial charge is 0.311 e. The van der Waals surface area contributed by atoms with E-state index in [1.165, 1.54) is 44.6 Å². The lowest BCUT2D eigenvalue weighted by Gasteiger charge is -2.44. The lowest BCUT2D eigenvalue weighted by Crippen LogP contribution is -2.47. The van der Waals surface area contributed by atoms with E-state index >= 15 is 0 Å².